The predicted molar refractivity (Wildman–Crippen MR) is 155 cm³/mol. The number of rotatable bonds is 7. The molecule has 1 aliphatic rings. The van der Waals surface area contributed by atoms with Crippen molar-refractivity contribution >= 4 is 34.3 Å². The second-order valence-electron chi connectivity index (χ2n) is 10.1. The molecule has 0 spiro atoms. The lowest BCUT2D eigenvalue weighted by atomic mass is 9.95. The summed E-state index contributed by atoms with van der Waals surface area (Å²) in [6, 6.07) is 15.3. The topological polar surface area (TPSA) is 74.8 Å². The lowest BCUT2D eigenvalue weighted by Gasteiger charge is -2.26. The largest absolute Gasteiger partial charge is 0.491 e. The van der Waals surface area contributed by atoms with Crippen LogP contribution in [0.1, 0.15) is 64.8 Å². The lowest BCUT2D eigenvalue weighted by molar-refractivity contribution is -0.139. The Kier molecular flexibility index (Phi) is 7.32. The van der Waals surface area contributed by atoms with Crippen LogP contribution in [-0.2, 0) is 9.53 Å². The summed E-state index contributed by atoms with van der Waals surface area (Å²) >= 11 is 1.32. The normalized spacial score (nSPS) is 15.7. The molecule has 2 aromatic heterocycles. The number of carbonyl (C=O) groups is 1. The molecular weight excluding hydrogens is 510 g/mol. The zero-order valence-electron chi connectivity index (χ0n) is 23.1. The van der Waals surface area contributed by atoms with Crippen LogP contribution in [0, 0.1) is 0 Å². The van der Waals surface area contributed by atoms with Crippen molar-refractivity contribution in [2.45, 2.75) is 59.7 Å². The van der Waals surface area contributed by atoms with E-state index in [9.17, 15) is 9.59 Å². The molecule has 2 aromatic carbocycles. The van der Waals surface area contributed by atoms with E-state index in [1.54, 1.807) is 18.4 Å². The number of aromatic nitrogens is 2. The number of para-hydroxylation sites is 2. The van der Waals surface area contributed by atoms with Gasteiger partial charge in [0.1, 0.15) is 11.8 Å². The van der Waals surface area contributed by atoms with E-state index in [4.69, 9.17) is 14.5 Å². The number of hydrogen-bond acceptors (Lipinski definition) is 6. The molecule has 1 atom stereocenters. The fourth-order valence-corrected chi connectivity index (χ4v) is 6.11. The Morgan fingerprint density at radius 2 is 1.82 bits per heavy atom. The minimum absolute atomic E-state index is 0.0867. The van der Waals surface area contributed by atoms with E-state index in [0.29, 0.717) is 31.9 Å². The van der Waals surface area contributed by atoms with Crippen molar-refractivity contribution in [3.05, 3.63) is 96.8 Å². The maximum Gasteiger partial charge on any atom is 0.338 e. The highest BCUT2D eigenvalue weighted by Crippen LogP contribution is 2.36. The Balaban J connectivity index is 1.77. The van der Waals surface area contributed by atoms with Crippen molar-refractivity contribution in [2.24, 2.45) is 4.99 Å². The van der Waals surface area contributed by atoms with Gasteiger partial charge in [-0.2, -0.15) is 0 Å². The summed E-state index contributed by atoms with van der Waals surface area (Å²) in [4.78, 5) is 32.6. The van der Waals surface area contributed by atoms with Crippen molar-refractivity contribution in [1.29, 1.82) is 0 Å². The second kappa shape index (κ2) is 10.7. The average molecular weight is 544 g/mol. The van der Waals surface area contributed by atoms with Crippen LogP contribution in [0.3, 0.4) is 0 Å². The first-order valence-corrected chi connectivity index (χ1v) is 14.1. The first-order valence-electron chi connectivity index (χ1n) is 13.3. The Morgan fingerprint density at radius 3 is 2.54 bits per heavy atom. The van der Waals surface area contributed by atoms with Gasteiger partial charge in [-0.3, -0.25) is 9.36 Å². The van der Waals surface area contributed by atoms with Crippen molar-refractivity contribution in [1.82, 2.24) is 9.13 Å². The monoisotopic (exact) mass is 543 g/mol. The van der Waals surface area contributed by atoms with E-state index < -0.39 is 12.0 Å². The maximum atomic E-state index is 14.1. The molecule has 0 aliphatic carbocycles. The molecule has 8 heteroatoms. The van der Waals surface area contributed by atoms with E-state index in [1.807, 2.05) is 56.3 Å². The number of fused-ring (bicyclic) bond motifs is 2. The van der Waals surface area contributed by atoms with Gasteiger partial charge in [-0.05, 0) is 59.8 Å². The van der Waals surface area contributed by atoms with Gasteiger partial charge in [-0.25, -0.2) is 9.79 Å². The van der Waals surface area contributed by atoms with E-state index >= 15 is 0 Å². The maximum absolute atomic E-state index is 14.1. The number of ether oxygens (including phenoxy) is 2. The molecule has 3 heterocycles. The van der Waals surface area contributed by atoms with Gasteiger partial charge in [0.25, 0.3) is 5.56 Å². The third kappa shape index (κ3) is 4.85. The van der Waals surface area contributed by atoms with Gasteiger partial charge in [0, 0.05) is 34.3 Å². The fourth-order valence-electron chi connectivity index (χ4n) is 5.07. The lowest BCUT2D eigenvalue weighted by Crippen LogP contribution is -2.40. The quantitative estimate of drug-likeness (QED) is 0.303. The Morgan fingerprint density at radius 1 is 1.10 bits per heavy atom. The molecule has 5 rings (SSSR count). The highest BCUT2D eigenvalue weighted by atomic mass is 32.1. The molecule has 0 radical (unpaired) electrons. The molecule has 39 heavy (non-hydrogen) atoms. The van der Waals surface area contributed by atoms with Crippen LogP contribution in [0.25, 0.3) is 17.0 Å². The van der Waals surface area contributed by atoms with Gasteiger partial charge in [0.15, 0.2) is 4.80 Å². The van der Waals surface area contributed by atoms with Crippen LogP contribution in [-0.4, -0.2) is 27.8 Å². The molecule has 0 amide bonds. The number of nitrogens with zero attached hydrogens (tertiary/aromatic N) is 3. The highest BCUT2D eigenvalue weighted by molar-refractivity contribution is 7.07. The molecule has 1 aliphatic heterocycles. The summed E-state index contributed by atoms with van der Waals surface area (Å²) in [7, 11) is 0. The van der Waals surface area contributed by atoms with Crippen molar-refractivity contribution in [3.8, 4) is 5.75 Å². The molecule has 0 N–H and O–H groups in total. The van der Waals surface area contributed by atoms with E-state index in [-0.39, 0.29) is 24.3 Å². The number of carbonyl (C=O) groups excluding carboxylic acids is 1. The van der Waals surface area contributed by atoms with Gasteiger partial charge in [-0.1, -0.05) is 47.7 Å². The molecule has 7 nitrogen and oxygen atoms in total. The molecular formula is C31H33N3O4S. The molecule has 0 saturated heterocycles. The van der Waals surface area contributed by atoms with Crippen molar-refractivity contribution in [2.75, 3.05) is 6.61 Å². The van der Waals surface area contributed by atoms with E-state index in [0.717, 1.165) is 16.5 Å². The van der Waals surface area contributed by atoms with E-state index in [2.05, 4.69) is 36.7 Å². The third-order valence-corrected chi connectivity index (χ3v) is 7.69. The first-order chi connectivity index (χ1) is 18.7. The van der Waals surface area contributed by atoms with Crippen LogP contribution in [0.5, 0.6) is 5.75 Å². The number of benzene rings is 2. The summed E-state index contributed by atoms with van der Waals surface area (Å²) in [5.41, 5.74) is 3.45. The highest BCUT2D eigenvalue weighted by Gasteiger charge is 2.35. The van der Waals surface area contributed by atoms with Crippen LogP contribution < -0.4 is 19.6 Å². The van der Waals surface area contributed by atoms with Crippen LogP contribution in [0.2, 0.25) is 0 Å². The molecule has 0 bridgehead atoms. The molecule has 0 unspecified atom stereocenters. The average Bonchev–Trinajstić information content (AvgIpc) is 3.41. The summed E-state index contributed by atoms with van der Waals surface area (Å²) in [6.45, 7) is 11.9. The van der Waals surface area contributed by atoms with Crippen LogP contribution in [0.15, 0.2) is 75.8 Å². The number of hydrogen-bond donors (Lipinski definition) is 0. The van der Waals surface area contributed by atoms with Gasteiger partial charge in [0.05, 0.1) is 28.5 Å². The SMILES string of the molecule is CCOC(=O)C1=C(C)N=c2s/c(=C\c3cn(C(C)C)c4ccccc34)c(=O)n2[C@H]1c1ccccc1OC(C)C. The Bertz CT molecular complexity index is 1770. The minimum Gasteiger partial charge on any atom is -0.491 e. The summed E-state index contributed by atoms with van der Waals surface area (Å²) < 4.78 is 15.9. The standard InChI is InChI=1S/C31H33N3O4S/c1-7-37-30(36)27-20(6)32-31-34(28(27)23-13-9-11-15-25(23)38-19(4)5)29(35)26(39-31)16-21-17-33(18(2)3)24-14-10-8-12-22(21)24/h8-19,28H,7H2,1-6H3/b26-16-/t28-/m0/s1. The number of thiazole rings is 1. The molecule has 0 saturated carbocycles. The Labute approximate surface area is 231 Å². The number of allylic oxidation sites excluding steroid dienone is 1. The van der Waals surface area contributed by atoms with Crippen LogP contribution in [0.4, 0.5) is 0 Å². The first kappa shape index (κ1) is 26.7. The third-order valence-electron chi connectivity index (χ3n) is 6.71. The van der Waals surface area contributed by atoms with Gasteiger partial charge in [-0.15, -0.1) is 0 Å². The van der Waals surface area contributed by atoms with Gasteiger partial charge >= 0.3 is 5.97 Å². The predicted octanol–water partition coefficient (Wildman–Crippen LogP) is 5.12. The molecule has 0 fully saturated rings. The van der Waals surface area contributed by atoms with E-state index in [1.165, 1.54) is 11.3 Å². The Hall–Kier alpha value is -3.91. The molecule has 202 valence electrons. The zero-order valence-corrected chi connectivity index (χ0v) is 23.9. The fraction of sp³-hybridized carbons (Fsp3) is 0.323. The van der Waals surface area contributed by atoms with Gasteiger partial charge < -0.3 is 14.0 Å². The smallest absolute Gasteiger partial charge is 0.338 e. The summed E-state index contributed by atoms with van der Waals surface area (Å²) in [6.07, 6.45) is 3.94. The summed E-state index contributed by atoms with van der Waals surface area (Å²) in [5.74, 6) is 0.126. The van der Waals surface area contributed by atoms with Crippen molar-refractivity contribution in [3.63, 3.8) is 0 Å². The zero-order chi connectivity index (χ0) is 27.8. The van der Waals surface area contributed by atoms with Crippen molar-refractivity contribution < 1.29 is 14.3 Å². The van der Waals surface area contributed by atoms with Gasteiger partial charge in [0.2, 0.25) is 0 Å². The van der Waals surface area contributed by atoms with Crippen LogP contribution >= 0.6 is 11.3 Å². The summed E-state index contributed by atoms with van der Waals surface area (Å²) in [5, 5.41) is 1.08. The number of esters is 1. The second-order valence-corrected chi connectivity index (χ2v) is 11.1. The molecule has 4 aromatic rings. The minimum atomic E-state index is -0.727.